The standard InChI is InChI=1S/C48H50O10/c1-51-39-15-33(16-40(27-39)52-2)9-7-31-13-37(49)25-45(21-31)57-47-23-36(12-11-35-19-43(55-5)29-44(20-35)56-6)24-48(30-47)58-46-22-32(14-38(50)26-46)8-10-34-17-41(53-3)28-42(18-34)54-4/h13-30,49-50H,7-12H2,1-6H3. The predicted octanol–water partition coefficient (Wildman–Crippen LogP) is 10.1. The lowest BCUT2D eigenvalue weighted by atomic mass is 10.0. The van der Waals surface area contributed by atoms with Gasteiger partial charge in [-0.3, -0.25) is 0 Å². The highest BCUT2D eigenvalue weighted by Crippen LogP contribution is 2.35. The Kier molecular flexibility index (Phi) is 13.7. The molecule has 6 aromatic carbocycles. The first-order chi connectivity index (χ1) is 28.1. The number of ether oxygens (including phenoxy) is 8. The molecule has 0 atom stereocenters. The van der Waals surface area contributed by atoms with Crippen molar-refractivity contribution in [3.05, 3.63) is 143 Å². The van der Waals surface area contributed by atoms with Gasteiger partial charge in [0.1, 0.15) is 69.0 Å². The number of hydrogen-bond acceptors (Lipinski definition) is 10. The van der Waals surface area contributed by atoms with E-state index in [1.165, 1.54) is 0 Å². The van der Waals surface area contributed by atoms with Gasteiger partial charge in [-0.1, -0.05) is 0 Å². The van der Waals surface area contributed by atoms with Crippen molar-refractivity contribution in [2.45, 2.75) is 38.5 Å². The number of aryl methyl sites for hydroxylation is 6. The predicted molar refractivity (Wildman–Crippen MR) is 224 cm³/mol. The average Bonchev–Trinajstić information content (AvgIpc) is 3.23. The molecule has 2 N–H and O–H groups in total. The van der Waals surface area contributed by atoms with Crippen LogP contribution in [-0.4, -0.2) is 52.9 Å². The van der Waals surface area contributed by atoms with E-state index in [0.29, 0.717) is 96.0 Å². The summed E-state index contributed by atoms with van der Waals surface area (Å²) in [5.41, 5.74) is 5.88. The number of benzene rings is 6. The maximum absolute atomic E-state index is 10.8. The Morgan fingerprint density at radius 1 is 0.259 bits per heavy atom. The Balaban J connectivity index is 1.25. The first-order valence-electron chi connectivity index (χ1n) is 19.0. The van der Waals surface area contributed by atoms with E-state index in [-0.39, 0.29) is 11.5 Å². The van der Waals surface area contributed by atoms with Crippen LogP contribution in [0.3, 0.4) is 0 Å². The molecule has 0 aliphatic carbocycles. The zero-order valence-corrected chi connectivity index (χ0v) is 33.8. The smallest absolute Gasteiger partial charge is 0.131 e. The molecule has 0 aliphatic heterocycles. The Labute approximate surface area is 340 Å². The van der Waals surface area contributed by atoms with Gasteiger partial charge in [-0.05, 0) is 145 Å². The minimum atomic E-state index is 0.0926. The summed E-state index contributed by atoms with van der Waals surface area (Å²) in [6.45, 7) is 0. The van der Waals surface area contributed by atoms with Crippen LogP contribution < -0.4 is 37.9 Å². The number of aromatic hydroxyl groups is 2. The fourth-order valence-electron chi connectivity index (χ4n) is 6.76. The first-order valence-corrected chi connectivity index (χ1v) is 19.0. The Bertz CT molecular complexity index is 2120. The zero-order valence-electron chi connectivity index (χ0n) is 33.8. The van der Waals surface area contributed by atoms with Gasteiger partial charge in [0.05, 0.1) is 42.7 Å². The highest BCUT2D eigenvalue weighted by Gasteiger charge is 2.12. The summed E-state index contributed by atoms with van der Waals surface area (Å²) in [5, 5.41) is 21.5. The first kappa shape index (κ1) is 41.0. The van der Waals surface area contributed by atoms with Crippen molar-refractivity contribution in [1.29, 1.82) is 0 Å². The lowest BCUT2D eigenvalue weighted by Crippen LogP contribution is -1.98. The maximum Gasteiger partial charge on any atom is 0.131 e. The van der Waals surface area contributed by atoms with E-state index >= 15 is 0 Å². The number of phenolic OH excluding ortho intramolecular Hbond substituents is 2. The summed E-state index contributed by atoms with van der Waals surface area (Å²) >= 11 is 0. The molecule has 6 aromatic rings. The van der Waals surface area contributed by atoms with Gasteiger partial charge in [-0.2, -0.15) is 0 Å². The molecule has 0 aliphatic rings. The topological polar surface area (TPSA) is 114 Å². The van der Waals surface area contributed by atoms with Crippen LogP contribution in [-0.2, 0) is 38.5 Å². The number of methoxy groups -OCH3 is 6. The summed E-state index contributed by atoms with van der Waals surface area (Å²) in [7, 11) is 9.78. The molecule has 0 spiro atoms. The zero-order chi connectivity index (χ0) is 41.0. The van der Waals surface area contributed by atoms with Crippen LogP contribution in [0.1, 0.15) is 33.4 Å². The van der Waals surface area contributed by atoms with E-state index in [2.05, 4.69) is 0 Å². The molecule has 0 heterocycles. The van der Waals surface area contributed by atoms with Crippen molar-refractivity contribution in [2.24, 2.45) is 0 Å². The minimum absolute atomic E-state index is 0.0926. The van der Waals surface area contributed by atoms with Crippen LogP contribution in [0.2, 0.25) is 0 Å². The van der Waals surface area contributed by atoms with Crippen LogP contribution in [0.25, 0.3) is 0 Å². The van der Waals surface area contributed by atoms with Gasteiger partial charge < -0.3 is 48.1 Å². The van der Waals surface area contributed by atoms with Crippen LogP contribution in [0.15, 0.2) is 109 Å². The number of hydrogen-bond donors (Lipinski definition) is 2. The SMILES string of the molecule is COc1cc(CCc2cc(O)cc(Oc3cc(CCc4cc(OC)cc(OC)c4)cc(Oc4cc(O)cc(CCc5cc(OC)cc(OC)c5)c4)c3)c2)cc(OC)c1. The number of rotatable bonds is 19. The second-order valence-corrected chi connectivity index (χ2v) is 13.8. The fraction of sp³-hybridized carbons (Fsp3) is 0.250. The third-order valence-corrected chi connectivity index (χ3v) is 9.65. The normalized spacial score (nSPS) is 10.8. The van der Waals surface area contributed by atoms with Gasteiger partial charge in [0.15, 0.2) is 0 Å². The van der Waals surface area contributed by atoms with Crippen molar-refractivity contribution >= 4 is 0 Å². The van der Waals surface area contributed by atoms with E-state index < -0.39 is 0 Å². The second-order valence-electron chi connectivity index (χ2n) is 13.8. The van der Waals surface area contributed by atoms with Gasteiger partial charge in [0.2, 0.25) is 0 Å². The van der Waals surface area contributed by atoms with Crippen LogP contribution >= 0.6 is 0 Å². The second kappa shape index (κ2) is 19.5. The lowest BCUT2D eigenvalue weighted by Gasteiger charge is -2.15. The molecular weight excluding hydrogens is 737 g/mol. The summed E-state index contributed by atoms with van der Waals surface area (Å²) < 4.78 is 45.7. The molecule has 0 saturated carbocycles. The average molecular weight is 787 g/mol. The quantitative estimate of drug-likeness (QED) is 0.0823. The molecule has 10 nitrogen and oxygen atoms in total. The van der Waals surface area contributed by atoms with E-state index in [1.807, 2.05) is 78.9 Å². The summed E-state index contributed by atoms with van der Waals surface area (Å²) in [6.07, 6.45) is 4.01. The molecule has 0 bridgehead atoms. The summed E-state index contributed by atoms with van der Waals surface area (Å²) in [6, 6.07) is 33.6. The largest absolute Gasteiger partial charge is 0.508 e. The molecule has 0 fully saturated rings. The monoisotopic (exact) mass is 786 g/mol. The van der Waals surface area contributed by atoms with Crippen LogP contribution in [0.4, 0.5) is 0 Å². The Morgan fingerprint density at radius 2 is 0.448 bits per heavy atom. The minimum Gasteiger partial charge on any atom is -0.508 e. The van der Waals surface area contributed by atoms with Crippen molar-refractivity contribution in [3.8, 4) is 69.0 Å². The van der Waals surface area contributed by atoms with E-state index in [1.54, 1.807) is 73.0 Å². The van der Waals surface area contributed by atoms with Crippen molar-refractivity contribution in [2.75, 3.05) is 42.7 Å². The molecule has 302 valence electrons. The molecule has 0 radical (unpaired) electrons. The molecule has 0 aromatic heterocycles. The lowest BCUT2D eigenvalue weighted by molar-refractivity contribution is 0.393. The maximum atomic E-state index is 10.8. The fourth-order valence-corrected chi connectivity index (χ4v) is 6.76. The Morgan fingerprint density at radius 3 is 0.690 bits per heavy atom. The molecular formula is C48H50O10. The van der Waals surface area contributed by atoms with Gasteiger partial charge >= 0.3 is 0 Å². The molecule has 10 heteroatoms. The Hall–Kier alpha value is -6.68. The van der Waals surface area contributed by atoms with Gasteiger partial charge in [-0.15, -0.1) is 0 Å². The van der Waals surface area contributed by atoms with Crippen LogP contribution in [0.5, 0.6) is 69.0 Å². The molecule has 0 saturated heterocycles. The molecule has 0 unspecified atom stereocenters. The molecule has 58 heavy (non-hydrogen) atoms. The third kappa shape index (κ3) is 11.4. The highest BCUT2D eigenvalue weighted by atomic mass is 16.5. The van der Waals surface area contributed by atoms with Gasteiger partial charge in [0, 0.05) is 36.4 Å². The molecule has 6 rings (SSSR count). The van der Waals surface area contributed by atoms with Gasteiger partial charge in [0.25, 0.3) is 0 Å². The number of phenols is 2. The van der Waals surface area contributed by atoms with Crippen molar-refractivity contribution in [3.63, 3.8) is 0 Å². The third-order valence-electron chi connectivity index (χ3n) is 9.65. The summed E-state index contributed by atoms with van der Waals surface area (Å²) in [4.78, 5) is 0. The van der Waals surface area contributed by atoms with Crippen molar-refractivity contribution in [1.82, 2.24) is 0 Å². The van der Waals surface area contributed by atoms with E-state index in [0.717, 1.165) is 33.4 Å². The van der Waals surface area contributed by atoms with Crippen molar-refractivity contribution < 1.29 is 48.1 Å². The summed E-state index contributed by atoms with van der Waals surface area (Å²) in [5.74, 6) is 6.49. The van der Waals surface area contributed by atoms with E-state index in [9.17, 15) is 10.2 Å². The van der Waals surface area contributed by atoms with Gasteiger partial charge in [-0.25, -0.2) is 0 Å². The van der Waals surface area contributed by atoms with E-state index in [4.69, 9.17) is 37.9 Å². The van der Waals surface area contributed by atoms with Crippen LogP contribution in [0, 0.1) is 0 Å². The molecule has 0 amide bonds. The highest BCUT2D eigenvalue weighted by molar-refractivity contribution is 5.48.